The third-order valence-electron chi connectivity index (χ3n) is 7.02. The SMILES string of the molecule is COc1cc2c(Nc3ccc4nc(NC(=O)Nc5cccs5)sc4c3)ncnc2cc1OCCCN1CCN(C)CC1. The summed E-state index contributed by atoms with van der Waals surface area (Å²) < 4.78 is 12.7. The van der Waals surface area contributed by atoms with E-state index in [-0.39, 0.29) is 6.03 Å². The summed E-state index contributed by atoms with van der Waals surface area (Å²) in [7, 11) is 3.81. The zero-order valence-corrected chi connectivity index (χ0v) is 25.1. The van der Waals surface area contributed by atoms with Gasteiger partial charge in [0.15, 0.2) is 16.6 Å². The molecule has 42 heavy (non-hydrogen) atoms. The topological polar surface area (TPSA) is 117 Å². The lowest BCUT2D eigenvalue weighted by molar-refractivity contribution is 0.145. The number of ether oxygens (including phenoxy) is 2. The summed E-state index contributed by atoms with van der Waals surface area (Å²) in [6.07, 6.45) is 2.48. The van der Waals surface area contributed by atoms with E-state index in [2.05, 4.69) is 47.7 Å². The number of nitrogens with one attached hydrogen (secondary N) is 3. The molecule has 2 amide bonds. The number of fused-ring (bicyclic) bond motifs is 2. The van der Waals surface area contributed by atoms with Crippen LogP contribution in [0.5, 0.6) is 11.5 Å². The fraction of sp³-hybridized carbons (Fsp3) is 0.310. The average molecular weight is 605 g/mol. The van der Waals surface area contributed by atoms with Crippen LogP contribution in [0.15, 0.2) is 54.2 Å². The minimum Gasteiger partial charge on any atom is -0.493 e. The molecule has 1 fully saturated rings. The molecule has 0 atom stereocenters. The van der Waals surface area contributed by atoms with E-state index in [1.54, 1.807) is 7.11 Å². The standard InChI is InChI=1S/C29H32N8O3S2/c1-36-9-11-37(12-10-36)8-4-13-40-24-17-22-20(16-23(24)39-2)27(31-18-30-22)32-19-6-7-21-25(15-19)42-29(33-21)35-28(38)34-26-5-3-14-41-26/h3,5-7,14-18H,4,8-13H2,1-2H3,(H,30,31,32)(H2,33,34,35,38). The first kappa shape index (κ1) is 28.1. The van der Waals surface area contributed by atoms with Crippen molar-refractivity contribution in [1.29, 1.82) is 0 Å². The molecule has 6 rings (SSSR count). The summed E-state index contributed by atoms with van der Waals surface area (Å²) in [6.45, 7) is 6.05. The minimum atomic E-state index is -0.324. The lowest BCUT2D eigenvalue weighted by atomic mass is 10.2. The molecule has 0 spiro atoms. The Balaban J connectivity index is 1.12. The summed E-state index contributed by atoms with van der Waals surface area (Å²) in [4.78, 5) is 30.7. The maximum absolute atomic E-state index is 12.3. The predicted octanol–water partition coefficient (Wildman–Crippen LogP) is 5.71. The minimum absolute atomic E-state index is 0.324. The first-order valence-electron chi connectivity index (χ1n) is 13.7. The van der Waals surface area contributed by atoms with Crippen LogP contribution in [0.25, 0.3) is 21.1 Å². The number of methoxy groups -OCH3 is 1. The fourth-order valence-electron chi connectivity index (χ4n) is 4.76. The molecule has 4 heterocycles. The Morgan fingerprint density at radius 3 is 2.71 bits per heavy atom. The monoisotopic (exact) mass is 604 g/mol. The van der Waals surface area contributed by atoms with Gasteiger partial charge in [-0.2, -0.15) is 0 Å². The number of thiophene rings is 1. The second kappa shape index (κ2) is 12.9. The number of thiazole rings is 1. The van der Waals surface area contributed by atoms with Crippen molar-refractivity contribution in [2.24, 2.45) is 0 Å². The van der Waals surface area contributed by atoms with Crippen molar-refractivity contribution in [3.05, 3.63) is 54.2 Å². The molecule has 1 saturated heterocycles. The molecule has 3 aromatic heterocycles. The zero-order valence-electron chi connectivity index (χ0n) is 23.4. The van der Waals surface area contributed by atoms with Crippen molar-refractivity contribution >= 4 is 71.5 Å². The number of anilines is 4. The predicted molar refractivity (Wildman–Crippen MR) is 170 cm³/mol. The first-order chi connectivity index (χ1) is 20.5. The van der Waals surface area contributed by atoms with Gasteiger partial charge in [-0.15, -0.1) is 11.3 Å². The van der Waals surface area contributed by atoms with Crippen molar-refractivity contribution in [3.63, 3.8) is 0 Å². The van der Waals surface area contributed by atoms with Crippen LogP contribution in [0.1, 0.15) is 6.42 Å². The Labute approximate surface area is 251 Å². The summed E-state index contributed by atoms with van der Waals surface area (Å²) in [6, 6.07) is 13.0. The molecule has 1 aliphatic heterocycles. The summed E-state index contributed by atoms with van der Waals surface area (Å²) in [5.74, 6) is 1.95. The van der Waals surface area contributed by atoms with Gasteiger partial charge in [-0.3, -0.25) is 10.6 Å². The van der Waals surface area contributed by atoms with Crippen molar-refractivity contribution in [1.82, 2.24) is 24.8 Å². The summed E-state index contributed by atoms with van der Waals surface area (Å²) in [5, 5.41) is 13.0. The smallest absolute Gasteiger partial charge is 0.326 e. The van der Waals surface area contributed by atoms with E-state index < -0.39 is 0 Å². The summed E-state index contributed by atoms with van der Waals surface area (Å²) in [5.41, 5.74) is 2.38. The number of aromatic nitrogens is 3. The van der Waals surface area contributed by atoms with Gasteiger partial charge in [0.1, 0.15) is 12.1 Å². The molecule has 2 aromatic carbocycles. The van der Waals surface area contributed by atoms with E-state index in [1.807, 2.05) is 47.8 Å². The van der Waals surface area contributed by atoms with E-state index in [4.69, 9.17) is 9.47 Å². The third kappa shape index (κ3) is 6.71. The quantitative estimate of drug-likeness (QED) is 0.172. The Hall–Kier alpha value is -4.04. The van der Waals surface area contributed by atoms with Gasteiger partial charge in [0.2, 0.25) is 0 Å². The number of rotatable bonds is 10. The van der Waals surface area contributed by atoms with Crippen LogP contribution < -0.4 is 25.4 Å². The number of benzene rings is 2. The number of piperazine rings is 1. The van der Waals surface area contributed by atoms with Crippen LogP contribution in [0.3, 0.4) is 0 Å². The molecule has 11 nitrogen and oxygen atoms in total. The van der Waals surface area contributed by atoms with Crippen molar-refractivity contribution < 1.29 is 14.3 Å². The van der Waals surface area contributed by atoms with Gasteiger partial charge >= 0.3 is 6.03 Å². The van der Waals surface area contributed by atoms with Crippen molar-refractivity contribution in [3.8, 4) is 11.5 Å². The number of amides is 2. The van der Waals surface area contributed by atoms with Crippen LogP contribution >= 0.6 is 22.7 Å². The highest BCUT2D eigenvalue weighted by Gasteiger charge is 2.15. The molecule has 3 N–H and O–H groups in total. The summed E-state index contributed by atoms with van der Waals surface area (Å²) >= 11 is 2.86. The van der Waals surface area contributed by atoms with Crippen LogP contribution in [0, 0.1) is 0 Å². The molecule has 0 bridgehead atoms. The van der Waals surface area contributed by atoms with Crippen LogP contribution in [0.2, 0.25) is 0 Å². The fourth-order valence-corrected chi connectivity index (χ4v) is 6.27. The normalized spacial score (nSPS) is 14.2. The molecule has 0 saturated carbocycles. The first-order valence-corrected chi connectivity index (χ1v) is 15.4. The van der Waals surface area contributed by atoms with Gasteiger partial charge < -0.3 is 24.6 Å². The maximum Gasteiger partial charge on any atom is 0.326 e. The largest absolute Gasteiger partial charge is 0.493 e. The number of hydrogen-bond donors (Lipinski definition) is 3. The van der Waals surface area contributed by atoms with Crippen LogP contribution in [0.4, 0.5) is 26.4 Å². The van der Waals surface area contributed by atoms with E-state index >= 15 is 0 Å². The number of urea groups is 1. The molecule has 0 radical (unpaired) electrons. The molecular weight excluding hydrogens is 573 g/mol. The highest BCUT2D eigenvalue weighted by atomic mass is 32.1. The molecular formula is C29H32N8O3S2. The van der Waals surface area contributed by atoms with E-state index in [0.29, 0.717) is 29.1 Å². The van der Waals surface area contributed by atoms with Crippen molar-refractivity contribution in [2.75, 3.05) is 69.4 Å². The lowest BCUT2D eigenvalue weighted by Gasteiger charge is -2.32. The zero-order chi connectivity index (χ0) is 28.9. The number of carbonyl (C=O) groups is 1. The average Bonchev–Trinajstić information content (AvgIpc) is 3.65. The Morgan fingerprint density at radius 1 is 1.02 bits per heavy atom. The molecule has 0 aliphatic carbocycles. The Bertz CT molecular complexity index is 1670. The molecule has 5 aromatic rings. The van der Waals surface area contributed by atoms with Gasteiger partial charge in [0.05, 0.1) is 34.5 Å². The number of likely N-dealkylation sites (N-methyl/N-ethyl adjacent to an activating group) is 1. The van der Waals surface area contributed by atoms with Crippen molar-refractivity contribution in [2.45, 2.75) is 6.42 Å². The second-order valence-electron chi connectivity index (χ2n) is 9.97. The Morgan fingerprint density at radius 2 is 1.90 bits per heavy atom. The number of carbonyl (C=O) groups excluding carboxylic acids is 1. The van der Waals surface area contributed by atoms with Gasteiger partial charge in [0, 0.05) is 49.9 Å². The van der Waals surface area contributed by atoms with E-state index in [0.717, 1.165) is 71.0 Å². The molecule has 1 aliphatic rings. The van der Waals surface area contributed by atoms with Crippen LogP contribution in [-0.4, -0.2) is 84.3 Å². The number of nitrogens with zero attached hydrogens (tertiary/aromatic N) is 5. The van der Waals surface area contributed by atoms with Gasteiger partial charge in [0.25, 0.3) is 0 Å². The highest BCUT2D eigenvalue weighted by Crippen LogP contribution is 2.36. The Kier molecular flexibility index (Phi) is 8.60. The molecule has 218 valence electrons. The van der Waals surface area contributed by atoms with Gasteiger partial charge in [-0.25, -0.2) is 19.7 Å². The molecule has 13 heteroatoms. The van der Waals surface area contributed by atoms with E-state index in [1.165, 1.54) is 29.0 Å². The third-order valence-corrected chi connectivity index (χ3v) is 8.74. The van der Waals surface area contributed by atoms with Crippen LogP contribution in [-0.2, 0) is 0 Å². The van der Waals surface area contributed by atoms with Gasteiger partial charge in [-0.1, -0.05) is 11.3 Å². The second-order valence-corrected chi connectivity index (χ2v) is 12.0. The van der Waals surface area contributed by atoms with Gasteiger partial charge in [-0.05, 0) is 55.2 Å². The number of hydrogen-bond acceptors (Lipinski definition) is 11. The van der Waals surface area contributed by atoms with E-state index in [9.17, 15) is 4.79 Å². The highest BCUT2D eigenvalue weighted by molar-refractivity contribution is 7.22. The molecule has 0 unspecified atom stereocenters. The maximum atomic E-state index is 12.3. The lowest BCUT2D eigenvalue weighted by Crippen LogP contribution is -2.44.